The summed E-state index contributed by atoms with van der Waals surface area (Å²) < 4.78 is 0. The molecule has 0 saturated carbocycles. The molecular formula is C35H48N8O8. The van der Waals surface area contributed by atoms with Crippen LogP contribution in [0.3, 0.4) is 0 Å². The SMILES string of the molecule is N[C@H](Cc1cc2ccccc2[nH]1)C(=O)NOCc1ccc(CNC(=O)CN2CCN(CC=O)CCN(CC(=O)O)CCN(CC(=O)O)CC2)cc1. The second-order valence-electron chi connectivity index (χ2n) is 12.6. The molecule has 0 bridgehead atoms. The minimum absolute atomic E-state index is 0.0784. The highest BCUT2D eigenvalue weighted by Crippen LogP contribution is 2.15. The maximum atomic E-state index is 13.0. The van der Waals surface area contributed by atoms with Gasteiger partial charge in [0.2, 0.25) is 5.91 Å². The highest BCUT2D eigenvalue weighted by Gasteiger charge is 2.20. The van der Waals surface area contributed by atoms with Crippen LogP contribution in [0.2, 0.25) is 0 Å². The number of fused-ring (bicyclic) bond motifs is 1. The Hall–Kier alpha value is -4.71. The van der Waals surface area contributed by atoms with Crippen LogP contribution in [0.5, 0.6) is 0 Å². The Morgan fingerprint density at radius 2 is 1.35 bits per heavy atom. The number of benzene rings is 2. The van der Waals surface area contributed by atoms with Gasteiger partial charge in [-0.3, -0.25) is 43.6 Å². The van der Waals surface area contributed by atoms with Gasteiger partial charge in [-0.2, -0.15) is 0 Å². The molecule has 0 aliphatic carbocycles. The molecule has 2 aromatic carbocycles. The van der Waals surface area contributed by atoms with E-state index in [9.17, 15) is 34.2 Å². The first-order valence-corrected chi connectivity index (χ1v) is 16.9. The average molecular weight is 709 g/mol. The third-order valence-electron chi connectivity index (χ3n) is 8.63. The van der Waals surface area contributed by atoms with Gasteiger partial charge in [-0.05, 0) is 28.6 Å². The number of hydroxylamine groups is 1. The van der Waals surface area contributed by atoms with E-state index in [0.29, 0.717) is 58.8 Å². The zero-order valence-corrected chi connectivity index (χ0v) is 28.7. The van der Waals surface area contributed by atoms with Crippen molar-refractivity contribution in [2.45, 2.75) is 25.6 Å². The van der Waals surface area contributed by atoms with Crippen molar-refractivity contribution in [1.29, 1.82) is 0 Å². The molecule has 7 N–H and O–H groups in total. The van der Waals surface area contributed by atoms with E-state index in [0.717, 1.165) is 34.0 Å². The van der Waals surface area contributed by atoms with Gasteiger partial charge in [0.25, 0.3) is 5.91 Å². The highest BCUT2D eigenvalue weighted by molar-refractivity contribution is 5.82. The number of carbonyl (C=O) groups is 5. The summed E-state index contributed by atoms with van der Waals surface area (Å²) in [7, 11) is 0. The molecule has 0 unspecified atom stereocenters. The molecule has 4 rings (SSSR count). The molecule has 0 spiro atoms. The second-order valence-corrected chi connectivity index (χ2v) is 12.6. The third kappa shape index (κ3) is 13.8. The number of nitrogens with two attached hydrogens (primary N) is 1. The minimum atomic E-state index is -0.989. The van der Waals surface area contributed by atoms with E-state index in [1.165, 1.54) is 0 Å². The van der Waals surface area contributed by atoms with Crippen LogP contribution < -0.4 is 16.5 Å². The van der Waals surface area contributed by atoms with Crippen molar-refractivity contribution in [2.75, 3.05) is 78.5 Å². The van der Waals surface area contributed by atoms with Crippen LogP contribution in [-0.4, -0.2) is 149 Å². The number of hydrogen-bond acceptors (Lipinski definition) is 11. The Balaban J connectivity index is 1.22. The number of aldehydes is 1. The Kier molecular flexibility index (Phi) is 15.5. The molecule has 3 aromatic rings. The molecule has 1 aliphatic heterocycles. The summed E-state index contributed by atoms with van der Waals surface area (Å²) in [6.45, 7) is 3.57. The van der Waals surface area contributed by atoms with Crippen LogP contribution in [-0.2, 0) is 48.4 Å². The summed E-state index contributed by atoms with van der Waals surface area (Å²) in [5, 5.41) is 22.7. The third-order valence-corrected chi connectivity index (χ3v) is 8.63. The van der Waals surface area contributed by atoms with Crippen molar-refractivity contribution in [3.63, 3.8) is 0 Å². The van der Waals surface area contributed by atoms with Crippen molar-refractivity contribution in [3.8, 4) is 0 Å². The van der Waals surface area contributed by atoms with E-state index >= 15 is 0 Å². The van der Waals surface area contributed by atoms with Gasteiger partial charge in [0.1, 0.15) is 6.29 Å². The molecule has 2 heterocycles. The lowest BCUT2D eigenvalue weighted by Crippen LogP contribution is -2.49. The first kappa shape index (κ1) is 39.1. The maximum absolute atomic E-state index is 13.0. The number of H-pyrrole nitrogens is 1. The van der Waals surface area contributed by atoms with Gasteiger partial charge in [-0.15, -0.1) is 0 Å². The van der Waals surface area contributed by atoms with Crippen molar-refractivity contribution in [2.24, 2.45) is 5.73 Å². The molecule has 0 radical (unpaired) electrons. The maximum Gasteiger partial charge on any atom is 0.317 e. The Morgan fingerprint density at radius 3 is 1.92 bits per heavy atom. The van der Waals surface area contributed by atoms with Crippen molar-refractivity contribution >= 4 is 40.9 Å². The summed E-state index contributed by atoms with van der Waals surface area (Å²) in [6, 6.07) is 16.4. The number of amides is 2. The number of aromatic nitrogens is 1. The number of nitrogens with zero attached hydrogens (tertiary/aromatic N) is 4. The highest BCUT2D eigenvalue weighted by atomic mass is 16.6. The second kappa shape index (κ2) is 20.2. The van der Waals surface area contributed by atoms with Gasteiger partial charge in [-0.1, -0.05) is 42.5 Å². The summed E-state index contributed by atoms with van der Waals surface area (Å²) in [5.41, 5.74) is 12.0. The fraction of sp³-hybridized carbons (Fsp3) is 0.457. The summed E-state index contributed by atoms with van der Waals surface area (Å²) in [4.78, 5) is 75.6. The number of nitrogens with one attached hydrogen (secondary N) is 3. The number of para-hydroxylation sites is 1. The first-order chi connectivity index (χ1) is 24.6. The molecule has 51 heavy (non-hydrogen) atoms. The van der Waals surface area contributed by atoms with E-state index in [2.05, 4.69) is 15.8 Å². The minimum Gasteiger partial charge on any atom is -0.480 e. The fourth-order valence-electron chi connectivity index (χ4n) is 5.78. The van der Waals surface area contributed by atoms with Crippen LogP contribution in [0.1, 0.15) is 16.8 Å². The quantitative estimate of drug-likeness (QED) is 0.0819. The zero-order chi connectivity index (χ0) is 36.6. The molecule has 16 nitrogen and oxygen atoms in total. The molecule has 2 amide bonds. The predicted octanol–water partition coefficient (Wildman–Crippen LogP) is -0.508. The van der Waals surface area contributed by atoms with E-state index in [1.807, 2.05) is 64.4 Å². The Morgan fingerprint density at radius 1 is 0.804 bits per heavy atom. The van der Waals surface area contributed by atoms with Gasteiger partial charge < -0.3 is 31.0 Å². The van der Waals surface area contributed by atoms with Crippen LogP contribution in [0.4, 0.5) is 0 Å². The molecule has 1 saturated heterocycles. The lowest BCUT2D eigenvalue weighted by molar-refractivity contribution is -0.140. The number of carbonyl (C=O) groups excluding carboxylic acids is 3. The van der Waals surface area contributed by atoms with Crippen LogP contribution in [0, 0.1) is 0 Å². The lowest BCUT2D eigenvalue weighted by Gasteiger charge is -2.32. The summed E-state index contributed by atoms with van der Waals surface area (Å²) in [6.07, 6.45) is 1.13. The van der Waals surface area contributed by atoms with E-state index in [4.69, 9.17) is 10.6 Å². The predicted molar refractivity (Wildman–Crippen MR) is 188 cm³/mol. The van der Waals surface area contributed by atoms with Crippen molar-refractivity contribution in [1.82, 2.24) is 35.4 Å². The summed E-state index contributed by atoms with van der Waals surface area (Å²) in [5.74, 6) is -2.60. The van der Waals surface area contributed by atoms with Crippen LogP contribution >= 0.6 is 0 Å². The van der Waals surface area contributed by atoms with E-state index in [1.54, 1.807) is 9.80 Å². The number of aliphatic carboxylic acids is 2. The molecule has 1 fully saturated rings. The molecule has 1 atom stereocenters. The molecule has 16 heteroatoms. The largest absolute Gasteiger partial charge is 0.480 e. The van der Waals surface area contributed by atoms with Gasteiger partial charge in [0.05, 0.1) is 38.8 Å². The number of rotatable bonds is 16. The van der Waals surface area contributed by atoms with Gasteiger partial charge in [-0.25, -0.2) is 5.48 Å². The molecule has 276 valence electrons. The van der Waals surface area contributed by atoms with Gasteiger partial charge in [0.15, 0.2) is 0 Å². The van der Waals surface area contributed by atoms with E-state index < -0.39 is 23.9 Å². The average Bonchev–Trinajstić information content (AvgIpc) is 3.51. The first-order valence-electron chi connectivity index (χ1n) is 16.9. The fourth-order valence-corrected chi connectivity index (χ4v) is 5.78. The number of aromatic amines is 1. The van der Waals surface area contributed by atoms with Crippen molar-refractivity contribution in [3.05, 3.63) is 71.4 Å². The van der Waals surface area contributed by atoms with Gasteiger partial charge >= 0.3 is 11.9 Å². The van der Waals surface area contributed by atoms with Crippen LogP contribution in [0.15, 0.2) is 54.6 Å². The Bertz CT molecular complexity index is 1570. The monoisotopic (exact) mass is 708 g/mol. The van der Waals surface area contributed by atoms with Crippen LogP contribution in [0.25, 0.3) is 10.9 Å². The lowest BCUT2D eigenvalue weighted by atomic mass is 10.1. The topological polar surface area (TPSA) is 214 Å². The molecular weight excluding hydrogens is 660 g/mol. The normalized spacial score (nSPS) is 16.5. The Labute approximate surface area is 296 Å². The molecule has 1 aromatic heterocycles. The smallest absolute Gasteiger partial charge is 0.317 e. The van der Waals surface area contributed by atoms with E-state index in [-0.39, 0.29) is 45.2 Å². The number of carboxylic acids is 2. The van der Waals surface area contributed by atoms with Crippen molar-refractivity contribution < 1.29 is 39.0 Å². The summed E-state index contributed by atoms with van der Waals surface area (Å²) >= 11 is 0. The zero-order valence-electron chi connectivity index (χ0n) is 28.7. The standard InChI is InChI=1S/C35H48N8O8/c36-30(20-29-19-28-3-1-2-4-31(28)38-29)35(50)39-51-25-27-7-5-26(6-8-27)21-37-32(45)22-41-11-9-40(17-18-44)10-12-42(23-33(46)47)15-16-43(14-13-41)24-34(48)49/h1-8,18-19,30,38H,9-17,20-25,36H2,(H,37,45)(H,39,50)(H,46,47)(H,48,49)/t30-/m1/s1. The molecule has 1 aliphatic rings. The number of hydrogen-bond donors (Lipinski definition) is 6. The number of carboxylic acid groups (broad SMARTS) is 2. The van der Waals surface area contributed by atoms with Gasteiger partial charge in [0, 0.05) is 76.5 Å².